The van der Waals surface area contributed by atoms with E-state index in [-0.39, 0.29) is 28.6 Å². The van der Waals surface area contributed by atoms with Crippen LogP contribution in [-0.2, 0) is 5.41 Å². The van der Waals surface area contributed by atoms with Crippen molar-refractivity contribution in [3.8, 4) is 11.1 Å². The molecule has 1 aromatic heterocycles. The predicted octanol–water partition coefficient (Wildman–Crippen LogP) is 6.08. The smallest absolute Gasteiger partial charge is 0.255 e. The second-order valence-corrected chi connectivity index (χ2v) is 12.4. The number of hydrogen-bond donors (Lipinski definition) is 2. The van der Waals surface area contributed by atoms with Gasteiger partial charge in [-0.15, -0.1) is 0 Å². The van der Waals surface area contributed by atoms with Crippen LogP contribution in [0, 0.1) is 12.3 Å². The maximum atomic E-state index is 13.3. The van der Waals surface area contributed by atoms with E-state index in [1.807, 2.05) is 58.0 Å². The quantitative estimate of drug-likeness (QED) is 0.405. The van der Waals surface area contributed by atoms with E-state index in [9.17, 15) is 14.4 Å². The van der Waals surface area contributed by atoms with Gasteiger partial charge in [-0.1, -0.05) is 53.7 Å². The van der Waals surface area contributed by atoms with E-state index < -0.39 is 0 Å². The molecule has 0 atom stereocenters. The molecule has 0 spiro atoms. The van der Waals surface area contributed by atoms with Crippen molar-refractivity contribution in [2.24, 2.45) is 5.41 Å². The minimum atomic E-state index is -0.323. The average molecular weight is 529 g/mol. The first kappa shape index (κ1) is 29.6. The molecule has 0 saturated carbocycles. The molecule has 7 heteroatoms. The maximum Gasteiger partial charge on any atom is 0.255 e. The Kier molecular flexibility index (Phi) is 8.64. The van der Waals surface area contributed by atoms with Crippen molar-refractivity contribution >= 4 is 23.4 Å². The van der Waals surface area contributed by atoms with Crippen LogP contribution in [-0.4, -0.2) is 48.2 Å². The highest BCUT2D eigenvalue weighted by atomic mass is 16.2. The van der Waals surface area contributed by atoms with Crippen LogP contribution in [0.15, 0.2) is 54.7 Å². The number of amides is 3. The van der Waals surface area contributed by atoms with Crippen LogP contribution in [0.3, 0.4) is 0 Å². The van der Waals surface area contributed by atoms with E-state index in [0.29, 0.717) is 28.9 Å². The molecule has 0 saturated heterocycles. The lowest BCUT2D eigenvalue weighted by atomic mass is 9.84. The number of nitrogens with zero attached hydrogens (tertiary/aromatic N) is 2. The molecule has 206 valence electrons. The third kappa shape index (κ3) is 7.76. The number of aromatic nitrogens is 1. The molecule has 0 radical (unpaired) electrons. The maximum absolute atomic E-state index is 13.3. The van der Waals surface area contributed by atoms with Gasteiger partial charge < -0.3 is 15.5 Å². The molecule has 7 nitrogen and oxygen atoms in total. The lowest BCUT2D eigenvalue weighted by Gasteiger charge is -2.22. The number of aryl methyl sites for hydroxylation is 1. The van der Waals surface area contributed by atoms with E-state index in [0.717, 1.165) is 22.4 Å². The van der Waals surface area contributed by atoms with Gasteiger partial charge in [-0.25, -0.2) is 0 Å². The molecule has 0 unspecified atom stereocenters. The van der Waals surface area contributed by atoms with Gasteiger partial charge in [-0.05, 0) is 65.3 Å². The zero-order chi connectivity index (χ0) is 29.1. The minimum Gasteiger partial charge on any atom is -0.352 e. The zero-order valence-corrected chi connectivity index (χ0v) is 24.5. The average Bonchev–Trinajstić information content (AvgIpc) is 2.86. The number of carbonyl (C=O) groups excluding carboxylic acids is 3. The lowest BCUT2D eigenvalue weighted by Crippen LogP contribution is -2.32. The van der Waals surface area contributed by atoms with Gasteiger partial charge in [-0.2, -0.15) is 0 Å². The zero-order valence-electron chi connectivity index (χ0n) is 24.5. The van der Waals surface area contributed by atoms with Crippen LogP contribution in [0.5, 0.6) is 0 Å². The van der Waals surface area contributed by atoms with Gasteiger partial charge in [0, 0.05) is 48.6 Å². The topological polar surface area (TPSA) is 91.4 Å². The van der Waals surface area contributed by atoms with Crippen molar-refractivity contribution in [3.05, 3.63) is 82.7 Å². The SMILES string of the molecule is Cc1ncc(NC(=O)c2cc(C(=O)N(C)C)cc(C(C)(C)C)c2)cc1-c1ccc(C(=O)NCC(C)(C)C)cc1. The summed E-state index contributed by atoms with van der Waals surface area (Å²) in [5, 5.41) is 5.90. The molecule has 3 rings (SSSR count). The molecule has 0 aliphatic heterocycles. The number of benzene rings is 2. The Balaban J connectivity index is 1.86. The summed E-state index contributed by atoms with van der Waals surface area (Å²) in [7, 11) is 3.38. The van der Waals surface area contributed by atoms with E-state index in [1.54, 1.807) is 38.5 Å². The number of pyridine rings is 1. The van der Waals surface area contributed by atoms with Gasteiger partial charge in [0.15, 0.2) is 0 Å². The highest BCUT2D eigenvalue weighted by molar-refractivity contribution is 6.06. The van der Waals surface area contributed by atoms with Crippen LogP contribution in [0.4, 0.5) is 5.69 Å². The molecule has 3 aromatic rings. The second-order valence-electron chi connectivity index (χ2n) is 12.4. The standard InChI is InChI=1S/C32H40N4O3/c1-20-27(21-10-12-22(13-11-21)28(37)34-19-31(2,3)4)17-26(18-33-20)35-29(38)23-14-24(30(39)36(8)9)16-25(15-23)32(5,6)7/h10-18H,19H2,1-9H3,(H,34,37)(H,35,38). The highest BCUT2D eigenvalue weighted by Crippen LogP contribution is 2.28. The van der Waals surface area contributed by atoms with E-state index in [4.69, 9.17) is 0 Å². The number of carbonyl (C=O) groups is 3. The fraction of sp³-hybridized carbons (Fsp3) is 0.375. The van der Waals surface area contributed by atoms with Crippen molar-refractivity contribution < 1.29 is 14.4 Å². The third-order valence-electron chi connectivity index (χ3n) is 6.30. The Hall–Kier alpha value is -4.00. The van der Waals surface area contributed by atoms with Crippen LogP contribution in [0.2, 0.25) is 0 Å². The third-order valence-corrected chi connectivity index (χ3v) is 6.30. The van der Waals surface area contributed by atoms with Gasteiger partial charge >= 0.3 is 0 Å². The molecule has 39 heavy (non-hydrogen) atoms. The van der Waals surface area contributed by atoms with Gasteiger partial charge in [0.2, 0.25) is 0 Å². The van der Waals surface area contributed by atoms with Gasteiger partial charge in [0.05, 0.1) is 11.9 Å². The summed E-state index contributed by atoms with van der Waals surface area (Å²) in [5.41, 5.74) is 5.17. The first-order chi connectivity index (χ1) is 18.0. The van der Waals surface area contributed by atoms with Gasteiger partial charge in [-0.3, -0.25) is 19.4 Å². The molecule has 0 bridgehead atoms. The van der Waals surface area contributed by atoms with Crippen molar-refractivity contribution in [3.63, 3.8) is 0 Å². The Morgan fingerprint density at radius 2 is 1.44 bits per heavy atom. The Morgan fingerprint density at radius 3 is 2.00 bits per heavy atom. The predicted molar refractivity (Wildman–Crippen MR) is 157 cm³/mol. The summed E-state index contributed by atoms with van der Waals surface area (Å²) in [6.45, 7) is 14.8. The van der Waals surface area contributed by atoms with Crippen molar-refractivity contribution in [2.75, 3.05) is 26.0 Å². The normalized spacial score (nSPS) is 11.6. The molecule has 0 fully saturated rings. The largest absolute Gasteiger partial charge is 0.352 e. The monoisotopic (exact) mass is 528 g/mol. The molecule has 3 amide bonds. The van der Waals surface area contributed by atoms with E-state index in [2.05, 4.69) is 36.4 Å². The number of nitrogens with one attached hydrogen (secondary N) is 2. The molecular weight excluding hydrogens is 488 g/mol. The van der Waals surface area contributed by atoms with E-state index in [1.165, 1.54) is 4.90 Å². The van der Waals surface area contributed by atoms with Crippen LogP contribution in [0.1, 0.15) is 83.9 Å². The number of anilines is 1. The van der Waals surface area contributed by atoms with Gasteiger partial charge in [0.1, 0.15) is 0 Å². The minimum absolute atomic E-state index is 0.000761. The highest BCUT2D eigenvalue weighted by Gasteiger charge is 2.21. The summed E-state index contributed by atoms with van der Waals surface area (Å²) >= 11 is 0. The van der Waals surface area contributed by atoms with Crippen LogP contribution in [0.25, 0.3) is 11.1 Å². The molecule has 0 aliphatic rings. The molecule has 0 aliphatic carbocycles. The van der Waals surface area contributed by atoms with Crippen molar-refractivity contribution in [2.45, 2.75) is 53.9 Å². The Morgan fingerprint density at radius 1 is 0.821 bits per heavy atom. The summed E-state index contributed by atoms with van der Waals surface area (Å²) in [6.07, 6.45) is 1.62. The first-order valence-corrected chi connectivity index (χ1v) is 13.1. The first-order valence-electron chi connectivity index (χ1n) is 13.1. The lowest BCUT2D eigenvalue weighted by molar-refractivity contribution is 0.0827. The molecule has 2 N–H and O–H groups in total. The van der Waals surface area contributed by atoms with Gasteiger partial charge in [0.25, 0.3) is 17.7 Å². The number of rotatable bonds is 6. The van der Waals surface area contributed by atoms with Crippen LogP contribution < -0.4 is 10.6 Å². The summed E-state index contributed by atoms with van der Waals surface area (Å²) in [4.78, 5) is 44.5. The Labute approximate surface area is 232 Å². The fourth-order valence-electron chi connectivity index (χ4n) is 3.92. The molecule has 2 aromatic carbocycles. The van der Waals surface area contributed by atoms with E-state index >= 15 is 0 Å². The van der Waals surface area contributed by atoms with Crippen LogP contribution >= 0.6 is 0 Å². The molecule has 1 heterocycles. The summed E-state index contributed by atoms with van der Waals surface area (Å²) in [5.74, 6) is -0.599. The summed E-state index contributed by atoms with van der Waals surface area (Å²) in [6, 6.07) is 14.5. The fourth-order valence-corrected chi connectivity index (χ4v) is 3.92. The summed E-state index contributed by atoms with van der Waals surface area (Å²) < 4.78 is 0. The van der Waals surface area contributed by atoms with Crippen molar-refractivity contribution in [1.82, 2.24) is 15.2 Å². The second kappa shape index (κ2) is 11.4. The molecular formula is C32H40N4O3. The van der Waals surface area contributed by atoms with Crippen molar-refractivity contribution in [1.29, 1.82) is 0 Å². The number of hydrogen-bond acceptors (Lipinski definition) is 4. The Bertz CT molecular complexity index is 1380.